The average molecular weight is 320 g/mol. The van der Waals surface area contributed by atoms with E-state index in [9.17, 15) is 4.39 Å². The number of halogens is 2. The van der Waals surface area contributed by atoms with Crippen molar-refractivity contribution in [1.29, 1.82) is 0 Å². The normalized spacial score (nSPS) is 25.2. The highest BCUT2D eigenvalue weighted by molar-refractivity contribution is 6.31. The van der Waals surface area contributed by atoms with Gasteiger partial charge < -0.3 is 4.98 Å². The molecule has 0 aliphatic carbocycles. The quantitative estimate of drug-likeness (QED) is 0.752. The molecule has 3 nitrogen and oxygen atoms in total. The first-order chi connectivity index (χ1) is 10.4. The van der Waals surface area contributed by atoms with E-state index in [2.05, 4.69) is 28.8 Å². The number of H-pyrrole nitrogens is 1. The second kappa shape index (κ2) is 5.51. The Balaban J connectivity index is 2.14. The largest absolute Gasteiger partial charge is 0.346 e. The zero-order valence-corrected chi connectivity index (χ0v) is 13.7. The SMILES string of the molecule is C/C1=C(\F)C=NC(c2c[nH]c3ncc(Cl)cc23)C(C)(C)CC1. The van der Waals surface area contributed by atoms with Crippen molar-refractivity contribution in [2.75, 3.05) is 0 Å². The average Bonchev–Trinajstić information content (AvgIpc) is 2.86. The topological polar surface area (TPSA) is 41.0 Å². The first-order valence-electron chi connectivity index (χ1n) is 7.39. The maximum atomic E-state index is 14.0. The number of hydrogen-bond donors (Lipinski definition) is 1. The van der Waals surface area contributed by atoms with Crippen LogP contribution in [0, 0.1) is 5.41 Å². The van der Waals surface area contributed by atoms with Crippen LogP contribution in [-0.4, -0.2) is 16.2 Å². The lowest BCUT2D eigenvalue weighted by Crippen LogP contribution is -2.22. The zero-order chi connectivity index (χ0) is 15.9. The molecule has 0 saturated carbocycles. The summed E-state index contributed by atoms with van der Waals surface area (Å²) < 4.78 is 14.0. The lowest BCUT2D eigenvalue weighted by Gasteiger charge is -2.33. The Bertz CT molecular complexity index is 773. The van der Waals surface area contributed by atoms with E-state index in [4.69, 9.17) is 11.6 Å². The van der Waals surface area contributed by atoms with Gasteiger partial charge in [-0.3, -0.25) is 4.99 Å². The van der Waals surface area contributed by atoms with Gasteiger partial charge in [-0.05, 0) is 36.8 Å². The highest BCUT2D eigenvalue weighted by atomic mass is 35.5. The molecule has 0 fully saturated rings. The number of allylic oxidation sites excluding steroid dienone is 2. The molecule has 2 aromatic heterocycles. The van der Waals surface area contributed by atoms with Crippen LogP contribution in [0.25, 0.3) is 11.0 Å². The molecule has 1 atom stereocenters. The number of hydrogen-bond acceptors (Lipinski definition) is 2. The molecule has 0 saturated heterocycles. The van der Waals surface area contributed by atoms with Crippen molar-refractivity contribution in [3.63, 3.8) is 0 Å². The number of fused-ring (bicyclic) bond motifs is 1. The van der Waals surface area contributed by atoms with E-state index >= 15 is 0 Å². The summed E-state index contributed by atoms with van der Waals surface area (Å²) in [4.78, 5) is 12.0. The Hall–Kier alpha value is -1.68. The summed E-state index contributed by atoms with van der Waals surface area (Å²) in [5, 5.41) is 1.53. The third-order valence-electron chi connectivity index (χ3n) is 4.45. The molecule has 0 aromatic carbocycles. The van der Waals surface area contributed by atoms with E-state index in [-0.39, 0.29) is 17.3 Å². The molecule has 22 heavy (non-hydrogen) atoms. The monoisotopic (exact) mass is 319 g/mol. The maximum absolute atomic E-state index is 14.0. The van der Waals surface area contributed by atoms with E-state index < -0.39 is 0 Å². The van der Waals surface area contributed by atoms with Gasteiger partial charge in [0.2, 0.25) is 0 Å². The van der Waals surface area contributed by atoms with Crippen LogP contribution in [0.2, 0.25) is 5.02 Å². The van der Waals surface area contributed by atoms with Crippen molar-refractivity contribution in [2.24, 2.45) is 10.4 Å². The Morgan fingerprint density at radius 1 is 1.41 bits per heavy atom. The van der Waals surface area contributed by atoms with E-state index in [1.54, 1.807) is 6.20 Å². The van der Waals surface area contributed by atoms with E-state index in [1.165, 1.54) is 6.21 Å². The second-order valence-corrected chi connectivity index (χ2v) is 7.03. The van der Waals surface area contributed by atoms with E-state index in [1.807, 2.05) is 19.2 Å². The summed E-state index contributed by atoms with van der Waals surface area (Å²) in [7, 11) is 0. The minimum Gasteiger partial charge on any atom is -0.346 e. The van der Waals surface area contributed by atoms with E-state index in [0.717, 1.165) is 35.0 Å². The van der Waals surface area contributed by atoms with Crippen LogP contribution in [0.4, 0.5) is 4.39 Å². The van der Waals surface area contributed by atoms with Gasteiger partial charge in [-0.15, -0.1) is 0 Å². The standard InChI is InChI=1S/C17H19ClFN3/c1-10-4-5-17(2,3)15(20-9-14(10)19)13-8-22-16-12(13)6-11(18)7-21-16/h6-9,15H,4-5H2,1-3H3,(H,21,22)/b14-10+,20-9?. The van der Waals surface area contributed by atoms with Crippen LogP contribution < -0.4 is 0 Å². The van der Waals surface area contributed by atoms with Gasteiger partial charge in [0.25, 0.3) is 0 Å². The third-order valence-corrected chi connectivity index (χ3v) is 4.66. The van der Waals surface area contributed by atoms with Crippen molar-refractivity contribution in [3.05, 3.63) is 40.4 Å². The molecule has 1 N–H and O–H groups in total. The van der Waals surface area contributed by atoms with Gasteiger partial charge in [0.1, 0.15) is 11.5 Å². The van der Waals surface area contributed by atoms with Crippen LogP contribution in [0.1, 0.15) is 45.2 Å². The molecule has 116 valence electrons. The van der Waals surface area contributed by atoms with Gasteiger partial charge in [-0.1, -0.05) is 25.4 Å². The number of pyridine rings is 1. The molecule has 0 radical (unpaired) electrons. The zero-order valence-electron chi connectivity index (χ0n) is 13.0. The molecular weight excluding hydrogens is 301 g/mol. The first kappa shape index (κ1) is 15.2. The number of aromatic amines is 1. The highest BCUT2D eigenvalue weighted by Crippen LogP contribution is 2.44. The molecule has 0 amide bonds. The van der Waals surface area contributed by atoms with Crippen LogP contribution in [-0.2, 0) is 0 Å². The van der Waals surface area contributed by atoms with Gasteiger partial charge in [-0.2, -0.15) is 0 Å². The number of aromatic nitrogens is 2. The fourth-order valence-electron chi connectivity index (χ4n) is 2.94. The minimum absolute atomic E-state index is 0.0874. The van der Waals surface area contributed by atoms with Gasteiger partial charge in [0, 0.05) is 23.3 Å². The van der Waals surface area contributed by atoms with Gasteiger partial charge in [0.15, 0.2) is 0 Å². The summed E-state index contributed by atoms with van der Waals surface area (Å²) in [5.74, 6) is -0.225. The number of nitrogens with one attached hydrogen (secondary N) is 1. The predicted molar refractivity (Wildman–Crippen MR) is 89.2 cm³/mol. The fourth-order valence-corrected chi connectivity index (χ4v) is 3.10. The van der Waals surface area contributed by atoms with Gasteiger partial charge >= 0.3 is 0 Å². The van der Waals surface area contributed by atoms with Gasteiger partial charge in [-0.25, -0.2) is 9.37 Å². The lowest BCUT2D eigenvalue weighted by molar-refractivity contribution is 0.267. The van der Waals surface area contributed by atoms with Crippen molar-refractivity contribution in [3.8, 4) is 0 Å². The molecular formula is C17H19ClFN3. The van der Waals surface area contributed by atoms with Crippen LogP contribution >= 0.6 is 11.6 Å². The Kier molecular flexibility index (Phi) is 3.81. The number of aliphatic imine (C=N–C) groups is 1. The highest BCUT2D eigenvalue weighted by Gasteiger charge is 2.33. The van der Waals surface area contributed by atoms with Crippen molar-refractivity contribution in [2.45, 2.75) is 39.7 Å². The summed E-state index contributed by atoms with van der Waals surface area (Å²) in [5.41, 5.74) is 2.47. The number of rotatable bonds is 1. The molecule has 1 aliphatic heterocycles. The van der Waals surface area contributed by atoms with Crippen LogP contribution in [0.5, 0.6) is 0 Å². The molecule has 0 bridgehead atoms. The van der Waals surface area contributed by atoms with Crippen molar-refractivity contribution >= 4 is 28.8 Å². The van der Waals surface area contributed by atoms with Crippen molar-refractivity contribution in [1.82, 2.24) is 9.97 Å². The molecule has 5 heteroatoms. The Morgan fingerprint density at radius 3 is 2.95 bits per heavy atom. The Labute approximate surface area is 134 Å². The maximum Gasteiger partial charge on any atom is 0.139 e. The third kappa shape index (κ3) is 2.68. The second-order valence-electron chi connectivity index (χ2n) is 6.59. The van der Waals surface area contributed by atoms with Crippen LogP contribution in [0.3, 0.4) is 0 Å². The molecule has 3 heterocycles. The van der Waals surface area contributed by atoms with E-state index in [0.29, 0.717) is 5.02 Å². The summed E-state index contributed by atoms with van der Waals surface area (Å²) >= 11 is 6.08. The minimum atomic E-state index is -0.225. The first-order valence-corrected chi connectivity index (χ1v) is 7.77. The molecule has 0 spiro atoms. The van der Waals surface area contributed by atoms with Gasteiger partial charge in [0.05, 0.1) is 17.3 Å². The summed E-state index contributed by atoms with van der Waals surface area (Å²) in [6.07, 6.45) is 6.49. The smallest absolute Gasteiger partial charge is 0.139 e. The lowest BCUT2D eigenvalue weighted by atomic mass is 9.76. The summed E-state index contributed by atoms with van der Waals surface area (Å²) in [6, 6.07) is 1.75. The molecule has 2 aromatic rings. The fraction of sp³-hybridized carbons (Fsp3) is 0.412. The van der Waals surface area contributed by atoms with Crippen molar-refractivity contribution < 1.29 is 4.39 Å². The summed E-state index contributed by atoms with van der Waals surface area (Å²) in [6.45, 7) is 6.16. The molecule has 1 unspecified atom stereocenters. The number of nitrogens with zero attached hydrogens (tertiary/aromatic N) is 2. The molecule has 3 rings (SSSR count). The molecule has 1 aliphatic rings. The predicted octanol–water partition coefficient (Wildman–Crippen LogP) is 5.39. The Morgan fingerprint density at radius 2 is 2.18 bits per heavy atom. The van der Waals surface area contributed by atoms with Crippen LogP contribution in [0.15, 0.2) is 34.9 Å².